The molecule has 1 amide bonds. The normalized spacial score (nSPS) is 17.1. The molecule has 0 unspecified atom stereocenters. The maximum Gasteiger partial charge on any atom is 0.242 e. The highest BCUT2D eigenvalue weighted by Crippen LogP contribution is 2.41. The third-order valence-electron chi connectivity index (χ3n) is 5.76. The van der Waals surface area contributed by atoms with Crippen LogP contribution in [-0.4, -0.2) is 66.3 Å². The number of rotatable bonds is 8. The maximum atomic E-state index is 12.6. The number of nitrogens with one attached hydrogen (secondary N) is 1. The molecule has 1 saturated heterocycles. The number of piperidine rings is 1. The van der Waals surface area contributed by atoms with E-state index in [4.69, 9.17) is 0 Å². The van der Waals surface area contributed by atoms with Crippen molar-refractivity contribution >= 4 is 39.3 Å². The third-order valence-corrected chi connectivity index (χ3v) is 8.66. The van der Waals surface area contributed by atoms with E-state index in [-0.39, 0.29) is 16.6 Å². The fraction of sp³-hybridized carbons (Fsp3) is 0.571. The van der Waals surface area contributed by atoms with Crippen LogP contribution in [0.15, 0.2) is 28.3 Å². The molecule has 2 aliphatic rings. The first-order valence-electron chi connectivity index (χ1n) is 10.9. The van der Waals surface area contributed by atoms with Crippen LogP contribution in [0.2, 0.25) is 0 Å². The van der Waals surface area contributed by atoms with Crippen molar-refractivity contribution in [1.82, 2.24) is 19.1 Å². The van der Waals surface area contributed by atoms with Gasteiger partial charge in [0.25, 0.3) is 0 Å². The number of hydrogen-bond acceptors (Lipinski definition) is 7. The average molecular weight is 479 g/mol. The lowest BCUT2D eigenvalue weighted by molar-refractivity contribution is -0.113. The Bertz CT molecular complexity index is 1090. The van der Waals surface area contributed by atoms with E-state index in [9.17, 15) is 13.2 Å². The number of hydrogen-bond donors (Lipinski definition) is 1. The molecule has 0 bridgehead atoms. The van der Waals surface area contributed by atoms with E-state index in [1.54, 1.807) is 19.1 Å². The first-order valence-corrected chi connectivity index (χ1v) is 13.4. The van der Waals surface area contributed by atoms with Crippen LogP contribution in [0.5, 0.6) is 0 Å². The van der Waals surface area contributed by atoms with Crippen molar-refractivity contribution in [2.75, 3.05) is 43.2 Å². The van der Waals surface area contributed by atoms with Crippen LogP contribution in [0, 0.1) is 6.92 Å². The lowest BCUT2D eigenvalue weighted by Crippen LogP contribution is -2.32. The average Bonchev–Trinajstić information content (AvgIpc) is 3.52. The summed E-state index contributed by atoms with van der Waals surface area (Å²) in [6, 6.07) is 5.35. The molecule has 1 aliphatic heterocycles. The number of anilines is 2. The summed E-state index contributed by atoms with van der Waals surface area (Å²) in [5, 5.41) is 12.4. The van der Waals surface area contributed by atoms with E-state index < -0.39 is 10.0 Å². The Balaban J connectivity index is 1.43. The Kier molecular flexibility index (Phi) is 6.78. The van der Waals surface area contributed by atoms with Gasteiger partial charge in [-0.25, -0.2) is 12.7 Å². The smallest absolute Gasteiger partial charge is 0.242 e. The predicted octanol–water partition coefficient (Wildman–Crippen LogP) is 2.89. The zero-order chi connectivity index (χ0) is 22.9. The van der Waals surface area contributed by atoms with Gasteiger partial charge in [-0.1, -0.05) is 17.8 Å². The summed E-state index contributed by atoms with van der Waals surface area (Å²) in [6.07, 6.45) is 5.83. The van der Waals surface area contributed by atoms with Gasteiger partial charge in [0.15, 0.2) is 5.16 Å². The summed E-state index contributed by atoms with van der Waals surface area (Å²) >= 11 is 1.37. The van der Waals surface area contributed by atoms with Gasteiger partial charge in [0.1, 0.15) is 0 Å². The number of carbonyl (C=O) groups is 1. The van der Waals surface area contributed by atoms with Gasteiger partial charge in [0, 0.05) is 38.9 Å². The van der Waals surface area contributed by atoms with E-state index in [1.807, 2.05) is 0 Å². The Morgan fingerprint density at radius 1 is 1.19 bits per heavy atom. The summed E-state index contributed by atoms with van der Waals surface area (Å²) in [5.41, 5.74) is 1.09. The van der Waals surface area contributed by atoms with Crippen molar-refractivity contribution in [3.63, 3.8) is 0 Å². The molecule has 1 aromatic carbocycles. The summed E-state index contributed by atoms with van der Waals surface area (Å²) in [4.78, 5) is 15.1. The molecule has 2 fully saturated rings. The monoisotopic (exact) mass is 478 g/mol. The largest absolute Gasteiger partial charge is 0.341 e. The number of amides is 1. The standard InChI is InChI=1S/C21H30N6O3S2/c1-15-7-8-16(13-18(15)32(29,30)25(2)3)22-19(28)14-31-21-24-23-20(27(21)17-9-10-17)26-11-5-4-6-12-26/h7-8,13,17H,4-6,9-12,14H2,1-3H3,(H,22,28). The van der Waals surface area contributed by atoms with Crippen LogP contribution >= 0.6 is 11.8 Å². The number of aryl methyl sites for hydroxylation is 1. The molecule has 4 rings (SSSR count). The second-order valence-electron chi connectivity index (χ2n) is 8.54. The van der Waals surface area contributed by atoms with Gasteiger partial charge in [-0.05, 0) is 56.7 Å². The van der Waals surface area contributed by atoms with Crippen LogP contribution in [-0.2, 0) is 14.8 Å². The molecular formula is C21H30N6O3S2. The lowest BCUT2D eigenvalue weighted by atomic mass is 10.1. The fourth-order valence-electron chi connectivity index (χ4n) is 3.81. The van der Waals surface area contributed by atoms with Crippen LogP contribution < -0.4 is 10.2 Å². The highest BCUT2D eigenvalue weighted by Gasteiger charge is 2.32. The summed E-state index contributed by atoms with van der Waals surface area (Å²) in [7, 11) is -0.605. The second-order valence-corrected chi connectivity index (χ2v) is 11.6. The molecule has 1 aliphatic carbocycles. The van der Waals surface area contributed by atoms with Gasteiger partial charge in [-0.15, -0.1) is 10.2 Å². The van der Waals surface area contributed by atoms with E-state index in [2.05, 4.69) is 25.0 Å². The Labute approximate surface area is 193 Å². The second kappa shape index (κ2) is 9.40. The lowest BCUT2D eigenvalue weighted by Gasteiger charge is -2.27. The first-order chi connectivity index (χ1) is 15.3. The van der Waals surface area contributed by atoms with E-state index in [0.29, 0.717) is 17.3 Å². The van der Waals surface area contributed by atoms with Crippen molar-refractivity contribution in [2.24, 2.45) is 0 Å². The van der Waals surface area contributed by atoms with E-state index >= 15 is 0 Å². The molecular weight excluding hydrogens is 448 g/mol. The number of benzene rings is 1. The molecule has 174 valence electrons. The van der Waals surface area contributed by atoms with Gasteiger partial charge in [-0.2, -0.15) is 0 Å². The predicted molar refractivity (Wildman–Crippen MR) is 126 cm³/mol. The van der Waals surface area contributed by atoms with E-state index in [1.165, 1.54) is 55.5 Å². The third kappa shape index (κ3) is 4.94. The van der Waals surface area contributed by atoms with Crippen molar-refractivity contribution < 1.29 is 13.2 Å². The highest BCUT2D eigenvalue weighted by molar-refractivity contribution is 7.99. The number of nitrogens with zero attached hydrogens (tertiary/aromatic N) is 5. The summed E-state index contributed by atoms with van der Waals surface area (Å²) in [5.74, 6) is 0.887. The quantitative estimate of drug-likeness (QED) is 0.582. The molecule has 0 atom stereocenters. The maximum absolute atomic E-state index is 12.6. The van der Waals surface area contributed by atoms with Crippen molar-refractivity contribution in [1.29, 1.82) is 0 Å². The minimum absolute atomic E-state index is 0.175. The molecule has 32 heavy (non-hydrogen) atoms. The molecule has 11 heteroatoms. The zero-order valence-electron chi connectivity index (χ0n) is 18.7. The molecule has 9 nitrogen and oxygen atoms in total. The zero-order valence-corrected chi connectivity index (χ0v) is 20.4. The van der Waals surface area contributed by atoms with E-state index in [0.717, 1.165) is 37.0 Å². The summed E-state index contributed by atoms with van der Waals surface area (Å²) < 4.78 is 28.4. The molecule has 0 radical (unpaired) electrons. The van der Waals surface area contributed by atoms with Crippen molar-refractivity contribution in [3.8, 4) is 0 Å². The van der Waals surface area contributed by atoms with Crippen molar-refractivity contribution in [3.05, 3.63) is 23.8 Å². The molecule has 1 aromatic heterocycles. The van der Waals surface area contributed by atoms with Crippen LogP contribution in [0.1, 0.15) is 43.7 Å². The molecule has 2 aromatic rings. The first kappa shape index (κ1) is 23.1. The molecule has 1 saturated carbocycles. The Hall–Kier alpha value is -2.11. The Morgan fingerprint density at radius 2 is 1.91 bits per heavy atom. The topological polar surface area (TPSA) is 100 Å². The number of thioether (sulfide) groups is 1. The van der Waals surface area contributed by atoms with Crippen LogP contribution in [0.25, 0.3) is 0 Å². The van der Waals surface area contributed by atoms with Crippen LogP contribution in [0.4, 0.5) is 11.6 Å². The fourth-order valence-corrected chi connectivity index (χ4v) is 5.75. The van der Waals surface area contributed by atoms with Gasteiger partial charge in [-0.3, -0.25) is 9.36 Å². The van der Waals surface area contributed by atoms with Gasteiger partial charge >= 0.3 is 0 Å². The van der Waals surface area contributed by atoms with Crippen LogP contribution in [0.3, 0.4) is 0 Å². The highest BCUT2D eigenvalue weighted by atomic mass is 32.2. The SMILES string of the molecule is Cc1ccc(NC(=O)CSc2nnc(N3CCCCC3)n2C2CC2)cc1S(=O)(=O)N(C)C. The van der Waals surface area contributed by atoms with Gasteiger partial charge in [0.2, 0.25) is 21.9 Å². The molecule has 0 spiro atoms. The minimum Gasteiger partial charge on any atom is -0.341 e. The van der Waals surface area contributed by atoms with Gasteiger partial charge < -0.3 is 10.2 Å². The summed E-state index contributed by atoms with van der Waals surface area (Å²) in [6.45, 7) is 3.74. The minimum atomic E-state index is -3.59. The number of sulfonamides is 1. The number of carbonyl (C=O) groups excluding carboxylic acids is 1. The number of aromatic nitrogens is 3. The Morgan fingerprint density at radius 3 is 2.56 bits per heavy atom. The van der Waals surface area contributed by atoms with Crippen molar-refractivity contribution in [2.45, 2.75) is 55.1 Å². The van der Waals surface area contributed by atoms with Gasteiger partial charge in [0.05, 0.1) is 10.6 Å². The molecule has 1 N–H and O–H groups in total. The molecule has 2 heterocycles.